The molecule has 1 aromatic rings. The molecule has 0 amide bonds. The molecule has 114 valence electrons. The maximum absolute atomic E-state index is 12.5. The van der Waals surface area contributed by atoms with E-state index in [0.29, 0.717) is 12.5 Å². The normalized spacial score (nSPS) is 26.3. The Morgan fingerprint density at radius 2 is 1.90 bits per heavy atom. The zero-order valence-corrected chi connectivity index (χ0v) is 11.5. The van der Waals surface area contributed by atoms with E-state index in [2.05, 4.69) is 10.3 Å². The topological polar surface area (TPSA) is 33.6 Å². The van der Waals surface area contributed by atoms with Crippen LogP contribution in [0, 0.1) is 0 Å². The molecule has 0 aromatic heterocycles. The van der Waals surface area contributed by atoms with Crippen molar-refractivity contribution in [3.8, 4) is 0 Å². The molecule has 3 rings (SSSR count). The summed E-state index contributed by atoms with van der Waals surface area (Å²) in [4.78, 5) is 4.52. The number of hydrogen-bond acceptors (Lipinski definition) is 3. The molecule has 21 heavy (non-hydrogen) atoms. The van der Waals surface area contributed by atoms with Gasteiger partial charge < -0.3 is 10.1 Å². The third-order valence-electron chi connectivity index (χ3n) is 3.90. The van der Waals surface area contributed by atoms with Crippen LogP contribution in [-0.2, 0) is 10.9 Å². The number of ether oxygens (including phenoxy) is 1. The first-order valence-corrected chi connectivity index (χ1v) is 7.15. The highest BCUT2D eigenvalue weighted by Gasteiger charge is 2.31. The molecule has 2 aliphatic rings. The molecule has 0 aliphatic carbocycles. The van der Waals surface area contributed by atoms with Crippen LogP contribution >= 0.6 is 0 Å². The highest BCUT2D eigenvalue weighted by Crippen LogP contribution is 2.31. The van der Waals surface area contributed by atoms with Crippen molar-refractivity contribution in [2.75, 3.05) is 13.2 Å². The van der Waals surface area contributed by atoms with Crippen molar-refractivity contribution in [2.24, 2.45) is 4.99 Å². The van der Waals surface area contributed by atoms with Crippen LogP contribution in [-0.4, -0.2) is 25.1 Å². The van der Waals surface area contributed by atoms with E-state index in [1.807, 2.05) is 0 Å². The van der Waals surface area contributed by atoms with Gasteiger partial charge in [0.15, 0.2) is 0 Å². The van der Waals surface area contributed by atoms with Gasteiger partial charge in [0.25, 0.3) is 0 Å². The minimum atomic E-state index is -4.30. The van der Waals surface area contributed by atoms with E-state index in [0.717, 1.165) is 43.5 Å². The summed E-state index contributed by atoms with van der Waals surface area (Å²) in [5, 5.41) is 3.36. The molecule has 0 radical (unpaired) electrons. The first-order valence-electron chi connectivity index (χ1n) is 7.15. The van der Waals surface area contributed by atoms with Crippen LogP contribution in [0.15, 0.2) is 29.3 Å². The van der Waals surface area contributed by atoms with E-state index in [-0.39, 0.29) is 12.1 Å². The van der Waals surface area contributed by atoms with Gasteiger partial charge in [-0.3, -0.25) is 0 Å². The molecule has 6 heteroatoms. The fraction of sp³-hybridized carbons (Fsp3) is 0.533. The van der Waals surface area contributed by atoms with E-state index in [9.17, 15) is 13.2 Å². The average Bonchev–Trinajstić information content (AvgIpc) is 2.97. The fourth-order valence-corrected chi connectivity index (χ4v) is 2.71. The minimum absolute atomic E-state index is 0.151. The Morgan fingerprint density at radius 3 is 2.52 bits per heavy atom. The summed E-state index contributed by atoms with van der Waals surface area (Å²) in [7, 11) is 0. The van der Waals surface area contributed by atoms with Gasteiger partial charge >= 0.3 is 6.18 Å². The Labute approximate surface area is 121 Å². The minimum Gasteiger partial charge on any atom is -0.477 e. The van der Waals surface area contributed by atoms with Gasteiger partial charge in [-0.1, -0.05) is 18.6 Å². The fourth-order valence-electron chi connectivity index (χ4n) is 2.71. The molecule has 1 aromatic carbocycles. The molecule has 1 N–H and O–H groups in total. The van der Waals surface area contributed by atoms with Gasteiger partial charge in [0.05, 0.1) is 11.6 Å². The second-order valence-corrected chi connectivity index (χ2v) is 5.42. The second-order valence-electron chi connectivity index (χ2n) is 5.42. The zero-order chi connectivity index (χ0) is 14.9. The van der Waals surface area contributed by atoms with Crippen LogP contribution in [0.1, 0.15) is 36.4 Å². The third kappa shape index (κ3) is 3.20. The molecular weight excluding hydrogens is 281 g/mol. The predicted molar refractivity (Wildman–Crippen MR) is 73.2 cm³/mol. The van der Waals surface area contributed by atoms with E-state index < -0.39 is 11.7 Å². The summed E-state index contributed by atoms with van der Waals surface area (Å²) in [6.45, 7) is 1.36. The Kier molecular flexibility index (Phi) is 3.89. The largest absolute Gasteiger partial charge is 0.477 e. The van der Waals surface area contributed by atoms with Crippen molar-refractivity contribution in [3.63, 3.8) is 0 Å². The van der Waals surface area contributed by atoms with E-state index >= 15 is 0 Å². The first kappa shape index (κ1) is 14.4. The van der Waals surface area contributed by atoms with Gasteiger partial charge in [-0.25, -0.2) is 4.99 Å². The Morgan fingerprint density at radius 1 is 1.14 bits per heavy atom. The lowest BCUT2D eigenvalue weighted by atomic mass is 10.0. The number of piperidine rings is 1. The number of nitrogens with zero attached hydrogens (tertiary/aromatic N) is 1. The van der Waals surface area contributed by atoms with Crippen molar-refractivity contribution in [2.45, 2.75) is 37.5 Å². The third-order valence-corrected chi connectivity index (χ3v) is 3.90. The van der Waals surface area contributed by atoms with Gasteiger partial charge in [0.2, 0.25) is 5.90 Å². The van der Waals surface area contributed by atoms with Crippen molar-refractivity contribution < 1.29 is 17.9 Å². The number of rotatable bonds is 2. The molecule has 2 atom stereocenters. The molecule has 0 saturated carbocycles. The standard InChI is InChI=1S/C15H17F3N2O/c16-15(17,18)11-6-4-10(5-7-11)13-9-21-14(20-13)12-3-1-2-8-19-12/h4-7,12-13,19H,1-3,8-9H2. The van der Waals surface area contributed by atoms with Gasteiger partial charge in [0.1, 0.15) is 12.6 Å². The number of hydrogen-bond donors (Lipinski definition) is 1. The van der Waals surface area contributed by atoms with Crippen molar-refractivity contribution in [3.05, 3.63) is 35.4 Å². The highest BCUT2D eigenvalue weighted by atomic mass is 19.4. The maximum atomic E-state index is 12.5. The van der Waals surface area contributed by atoms with Crippen LogP contribution in [0.2, 0.25) is 0 Å². The summed E-state index contributed by atoms with van der Waals surface area (Å²) in [5.41, 5.74) is 0.122. The summed E-state index contributed by atoms with van der Waals surface area (Å²) in [5.74, 6) is 0.694. The highest BCUT2D eigenvalue weighted by molar-refractivity contribution is 5.83. The van der Waals surface area contributed by atoms with Gasteiger partial charge in [-0.15, -0.1) is 0 Å². The molecule has 0 spiro atoms. The molecular formula is C15H17F3N2O. The monoisotopic (exact) mass is 298 g/mol. The lowest BCUT2D eigenvalue weighted by Gasteiger charge is -2.22. The van der Waals surface area contributed by atoms with Gasteiger partial charge in [0, 0.05) is 0 Å². The molecule has 2 heterocycles. The number of nitrogens with one attached hydrogen (secondary N) is 1. The SMILES string of the molecule is FC(F)(F)c1ccc(C2COC(C3CCCCN3)=N2)cc1. The summed E-state index contributed by atoms with van der Waals surface area (Å²) in [6, 6.07) is 5.11. The quantitative estimate of drug-likeness (QED) is 0.908. The number of aliphatic imine (C=N–C) groups is 1. The Balaban J connectivity index is 1.71. The zero-order valence-electron chi connectivity index (χ0n) is 11.5. The molecule has 1 saturated heterocycles. The molecule has 1 fully saturated rings. The summed E-state index contributed by atoms with van der Waals surface area (Å²) in [6.07, 6.45) is -0.999. The summed E-state index contributed by atoms with van der Waals surface area (Å²) >= 11 is 0. The smallest absolute Gasteiger partial charge is 0.416 e. The van der Waals surface area contributed by atoms with E-state index in [1.165, 1.54) is 12.1 Å². The van der Waals surface area contributed by atoms with Crippen LogP contribution in [0.5, 0.6) is 0 Å². The van der Waals surface area contributed by atoms with Crippen molar-refractivity contribution >= 4 is 5.90 Å². The molecule has 3 nitrogen and oxygen atoms in total. The number of alkyl halides is 3. The Bertz CT molecular complexity index is 519. The van der Waals surface area contributed by atoms with Gasteiger partial charge in [-0.05, 0) is 37.1 Å². The van der Waals surface area contributed by atoms with Gasteiger partial charge in [-0.2, -0.15) is 13.2 Å². The van der Waals surface area contributed by atoms with Crippen LogP contribution < -0.4 is 5.32 Å². The van der Waals surface area contributed by atoms with Crippen LogP contribution in [0.25, 0.3) is 0 Å². The summed E-state index contributed by atoms with van der Waals surface area (Å²) < 4.78 is 43.2. The van der Waals surface area contributed by atoms with Crippen LogP contribution in [0.4, 0.5) is 13.2 Å². The molecule has 2 aliphatic heterocycles. The second kappa shape index (κ2) is 5.67. The predicted octanol–water partition coefficient (Wildman–Crippen LogP) is 3.32. The van der Waals surface area contributed by atoms with Crippen LogP contribution in [0.3, 0.4) is 0 Å². The molecule has 2 unspecified atom stereocenters. The lowest BCUT2D eigenvalue weighted by molar-refractivity contribution is -0.137. The lowest BCUT2D eigenvalue weighted by Crippen LogP contribution is -2.40. The Hall–Kier alpha value is -1.56. The maximum Gasteiger partial charge on any atom is 0.416 e. The van der Waals surface area contributed by atoms with Crippen molar-refractivity contribution in [1.82, 2.24) is 5.32 Å². The first-order chi connectivity index (χ1) is 10.0. The van der Waals surface area contributed by atoms with E-state index in [1.54, 1.807) is 0 Å². The van der Waals surface area contributed by atoms with E-state index in [4.69, 9.17) is 4.74 Å². The molecule has 0 bridgehead atoms. The average molecular weight is 298 g/mol. The van der Waals surface area contributed by atoms with Crippen molar-refractivity contribution in [1.29, 1.82) is 0 Å². The number of benzene rings is 1. The number of halogens is 3.